The van der Waals surface area contributed by atoms with Crippen LogP contribution in [0.4, 0.5) is 0 Å². The van der Waals surface area contributed by atoms with E-state index >= 15 is 0 Å². The fraction of sp³-hybridized carbons (Fsp3) is 0.273. The molecule has 0 atom stereocenters. The van der Waals surface area contributed by atoms with Crippen molar-refractivity contribution in [3.05, 3.63) is 30.5 Å². The maximum Gasteiger partial charge on any atom is 0.0465 e. The van der Waals surface area contributed by atoms with Crippen LogP contribution >= 0.6 is 11.8 Å². The minimum absolute atomic E-state index is 0.646. The van der Waals surface area contributed by atoms with E-state index in [1.165, 1.54) is 15.8 Å². The smallest absolute Gasteiger partial charge is 0.0465 e. The first-order valence-electron chi connectivity index (χ1n) is 4.49. The van der Waals surface area contributed by atoms with Gasteiger partial charge in [-0.15, -0.1) is 11.8 Å². The number of aromatic nitrogens is 1. The number of rotatable bonds is 2. The summed E-state index contributed by atoms with van der Waals surface area (Å²) in [5, 5.41) is 1.93. The van der Waals surface area contributed by atoms with Crippen molar-refractivity contribution in [1.29, 1.82) is 0 Å². The van der Waals surface area contributed by atoms with Gasteiger partial charge in [-0.2, -0.15) is 0 Å². The van der Waals surface area contributed by atoms with Crippen LogP contribution in [0.1, 0.15) is 13.8 Å². The second kappa shape index (κ2) is 3.46. The van der Waals surface area contributed by atoms with E-state index in [1.807, 2.05) is 18.0 Å². The molecule has 0 bridgehead atoms. The van der Waals surface area contributed by atoms with Crippen LogP contribution in [0.3, 0.4) is 0 Å². The Hall–Kier alpha value is -0.890. The van der Waals surface area contributed by atoms with E-state index < -0.39 is 0 Å². The number of hydrogen-bond acceptors (Lipinski definition) is 1. The maximum atomic E-state index is 3.22. The highest BCUT2D eigenvalue weighted by Crippen LogP contribution is 2.25. The molecule has 2 rings (SSSR count). The normalized spacial score (nSPS) is 11.3. The van der Waals surface area contributed by atoms with E-state index in [9.17, 15) is 0 Å². The molecule has 0 spiro atoms. The highest BCUT2D eigenvalue weighted by Gasteiger charge is 1.99. The molecule has 0 amide bonds. The number of nitrogens with one attached hydrogen (secondary N) is 1. The van der Waals surface area contributed by atoms with E-state index in [0.717, 1.165) is 0 Å². The summed E-state index contributed by atoms with van der Waals surface area (Å²) in [7, 11) is 0. The van der Waals surface area contributed by atoms with E-state index in [4.69, 9.17) is 0 Å². The van der Waals surface area contributed by atoms with Crippen LogP contribution in [0.5, 0.6) is 0 Å². The monoisotopic (exact) mass is 191 g/mol. The quantitative estimate of drug-likeness (QED) is 0.716. The average molecular weight is 191 g/mol. The Kier molecular flexibility index (Phi) is 2.32. The average Bonchev–Trinajstić information content (AvgIpc) is 2.49. The minimum Gasteiger partial charge on any atom is -0.361 e. The van der Waals surface area contributed by atoms with E-state index in [2.05, 4.69) is 43.1 Å². The molecule has 0 saturated carbocycles. The number of benzene rings is 1. The van der Waals surface area contributed by atoms with Crippen molar-refractivity contribution in [1.82, 2.24) is 4.98 Å². The molecule has 0 radical (unpaired) electrons. The van der Waals surface area contributed by atoms with Gasteiger partial charge in [-0.05, 0) is 23.6 Å². The molecule has 0 unspecified atom stereocenters. The van der Waals surface area contributed by atoms with Crippen molar-refractivity contribution < 1.29 is 0 Å². The zero-order valence-corrected chi connectivity index (χ0v) is 8.69. The highest BCUT2D eigenvalue weighted by atomic mass is 32.2. The zero-order valence-electron chi connectivity index (χ0n) is 7.87. The summed E-state index contributed by atoms with van der Waals surface area (Å²) in [5.41, 5.74) is 1.23. The maximum absolute atomic E-state index is 3.22. The van der Waals surface area contributed by atoms with E-state index in [-0.39, 0.29) is 0 Å². The predicted octanol–water partition coefficient (Wildman–Crippen LogP) is 3.67. The molecular formula is C11H13NS. The van der Waals surface area contributed by atoms with Gasteiger partial charge in [-0.1, -0.05) is 19.9 Å². The van der Waals surface area contributed by atoms with Gasteiger partial charge in [-0.3, -0.25) is 0 Å². The second-order valence-corrected chi connectivity index (χ2v) is 5.04. The molecule has 1 aromatic heterocycles. The van der Waals surface area contributed by atoms with Crippen LogP contribution < -0.4 is 0 Å². The third kappa shape index (κ3) is 1.89. The Labute approximate surface area is 82.5 Å². The number of hydrogen-bond donors (Lipinski definition) is 1. The fourth-order valence-electron chi connectivity index (χ4n) is 1.37. The zero-order chi connectivity index (χ0) is 9.26. The number of H-pyrrole nitrogens is 1. The molecular weight excluding hydrogens is 178 g/mol. The van der Waals surface area contributed by atoms with E-state index in [1.54, 1.807) is 0 Å². The number of fused-ring (bicyclic) bond motifs is 1. The van der Waals surface area contributed by atoms with Gasteiger partial charge in [0.2, 0.25) is 0 Å². The largest absolute Gasteiger partial charge is 0.361 e. The van der Waals surface area contributed by atoms with Crippen molar-refractivity contribution in [3.8, 4) is 0 Å². The molecule has 0 aliphatic carbocycles. The summed E-state index contributed by atoms with van der Waals surface area (Å²) in [6.07, 6.45) is 1.98. The SMILES string of the molecule is CC(C)Sc1ccc2cc[nH]c2c1. The van der Waals surface area contributed by atoms with E-state index in [0.29, 0.717) is 5.25 Å². The summed E-state index contributed by atoms with van der Waals surface area (Å²) in [4.78, 5) is 4.56. The van der Waals surface area contributed by atoms with Crippen LogP contribution in [0, 0.1) is 0 Å². The van der Waals surface area contributed by atoms with Gasteiger partial charge in [0.15, 0.2) is 0 Å². The molecule has 2 aromatic rings. The lowest BCUT2D eigenvalue weighted by Gasteiger charge is -2.03. The lowest BCUT2D eigenvalue weighted by Crippen LogP contribution is -1.85. The third-order valence-corrected chi connectivity index (χ3v) is 2.90. The Balaban J connectivity index is 2.37. The summed E-state index contributed by atoms with van der Waals surface area (Å²) in [5.74, 6) is 0. The molecule has 2 heteroatoms. The molecule has 1 aromatic carbocycles. The summed E-state index contributed by atoms with van der Waals surface area (Å²) in [6, 6.07) is 8.65. The van der Waals surface area contributed by atoms with Gasteiger partial charge in [0, 0.05) is 21.9 Å². The van der Waals surface area contributed by atoms with Crippen LogP contribution in [0.15, 0.2) is 35.4 Å². The first-order chi connectivity index (χ1) is 6.25. The molecule has 68 valence electrons. The van der Waals surface area contributed by atoms with Crippen LogP contribution in [-0.4, -0.2) is 10.2 Å². The molecule has 0 saturated heterocycles. The van der Waals surface area contributed by atoms with Gasteiger partial charge in [-0.25, -0.2) is 0 Å². The fourth-order valence-corrected chi connectivity index (χ4v) is 2.25. The van der Waals surface area contributed by atoms with Crippen molar-refractivity contribution in [2.45, 2.75) is 24.0 Å². The van der Waals surface area contributed by atoms with Crippen LogP contribution in [0.2, 0.25) is 0 Å². The van der Waals surface area contributed by atoms with Crippen LogP contribution in [-0.2, 0) is 0 Å². The second-order valence-electron chi connectivity index (χ2n) is 3.39. The van der Waals surface area contributed by atoms with Gasteiger partial charge in [0.1, 0.15) is 0 Å². The topological polar surface area (TPSA) is 15.8 Å². The van der Waals surface area contributed by atoms with Gasteiger partial charge in [0.05, 0.1) is 0 Å². The Morgan fingerprint density at radius 2 is 2.08 bits per heavy atom. The molecule has 0 aliphatic rings. The first kappa shape index (κ1) is 8.70. The number of aromatic amines is 1. The van der Waals surface area contributed by atoms with Crippen molar-refractivity contribution in [2.24, 2.45) is 0 Å². The van der Waals surface area contributed by atoms with Gasteiger partial charge < -0.3 is 4.98 Å². The van der Waals surface area contributed by atoms with Crippen molar-refractivity contribution >= 4 is 22.7 Å². The molecule has 13 heavy (non-hydrogen) atoms. The lowest BCUT2D eigenvalue weighted by molar-refractivity contribution is 1.11. The molecule has 1 nitrogen and oxygen atoms in total. The third-order valence-electron chi connectivity index (χ3n) is 1.90. The summed E-state index contributed by atoms with van der Waals surface area (Å²) < 4.78 is 0. The van der Waals surface area contributed by atoms with Gasteiger partial charge in [0.25, 0.3) is 0 Å². The Morgan fingerprint density at radius 3 is 2.85 bits per heavy atom. The minimum atomic E-state index is 0.646. The molecule has 0 fully saturated rings. The Morgan fingerprint density at radius 1 is 1.23 bits per heavy atom. The van der Waals surface area contributed by atoms with Crippen molar-refractivity contribution in [3.63, 3.8) is 0 Å². The first-order valence-corrected chi connectivity index (χ1v) is 5.37. The summed E-state index contributed by atoms with van der Waals surface area (Å²) >= 11 is 1.90. The molecule has 0 aliphatic heterocycles. The molecule has 1 N–H and O–H groups in total. The highest BCUT2D eigenvalue weighted by molar-refractivity contribution is 7.99. The number of thioether (sulfide) groups is 1. The van der Waals surface area contributed by atoms with Gasteiger partial charge >= 0.3 is 0 Å². The standard InChI is InChI=1S/C11H13NS/c1-8(2)13-10-4-3-9-5-6-12-11(9)7-10/h3-8,12H,1-2H3. The Bertz CT molecular complexity index is 403. The molecule has 1 heterocycles. The predicted molar refractivity (Wildman–Crippen MR) is 59.3 cm³/mol. The summed E-state index contributed by atoms with van der Waals surface area (Å²) in [6.45, 7) is 4.42. The van der Waals surface area contributed by atoms with Crippen LogP contribution in [0.25, 0.3) is 10.9 Å². The lowest BCUT2D eigenvalue weighted by atomic mass is 10.2. The van der Waals surface area contributed by atoms with Crippen molar-refractivity contribution in [2.75, 3.05) is 0 Å².